The molecule has 1 amide bonds. The van der Waals surface area contributed by atoms with Crippen molar-refractivity contribution in [2.45, 2.75) is 53.4 Å². The summed E-state index contributed by atoms with van der Waals surface area (Å²) in [4.78, 5) is 17.2. The van der Waals surface area contributed by atoms with E-state index in [1.807, 2.05) is 0 Å². The third-order valence-corrected chi connectivity index (χ3v) is 5.54. The van der Waals surface area contributed by atoms with Gasteiger partial charge < -0.3 is 10.2 Å². The Kier molecular flexibility index (Phi) is 11.6. The number of nitrogens with zero attached hydrogens (tertiary/aromatic N) is 2. The van der Waals surface area contributed by atoms with Crippen LogP contribution in [0.4, 0.5) is 0 Å². The van der Waals surface area contributed by atoms with E-state index in [2.05, 4.69) is 42.8 Å². The highest BCUT2D eigenvalue weighted by atomic mass is 35.5. The lowest BCUT2D eigenvalue weighted by molar-refractivity contribution is -0.134. The Morgan fingerprint density at radius 1 is 1.16 bits per heavy atom. The Morgan fingerprint density at radius 2 is 1.80 bits per heavy atom. The highest BCUT2D eigenvalue weighted by Crippen LogP contribution is 2.24. The summed E-state index contributed by atoms with van der Waals surface area (Å²) in [6.07, 6.45) is 4.50. The molecule has 4 nitrogen and oxygen atoms in total. The molecule has 0 aromatic carbocycles. The van der Waals surface area contributed by atoms with Crippen molar-refractivity contribution < 1.29 is 4.79 Å². The first-order chi connectivity index (χ1) is 10.8. The molecule has 0 bridgehead atoms. The topological polar surface area (TPSA) is 35.6 Å². The largest absolute Gasteiger partial charge is 0.340 e. The lowest BCUT2D eigenvalue weighted by Gasteiger charge is -2.37. The van der Waals surface area contributed by atoms with Crippen molar-refractivity contribution in [3.8, 4) is 0 Å². The zero-order valence-electron chi connectivity index (χ0n) is 16.6. The molecule has 2 atom stereocenters. The molecule has 2 rings (SSSR count). The molecule has 0 saturated carbocycles. The number of rotatable bonds is 5. The van der Waals surface area contributed by atoms with E-state index < -0.39 is 0 Å². The van der Waals surface area contributed by atoms with E-state index in [0.29, 0.717) is 23.2 Å². The SMILES string of the molecule is CC(CC(=O)N1CCN(CCC(C)(C)C)CC1)C1CCCNC1.Cl.Cl. The van der Waals surface area contributed by atoms with E-state index in [1.165, 1.54) is 19.3 Å². The second kappa shape index (κ2) is 11.6. The first kappa shape index (κ1) is 25.0. The molecule has 0 spiro atoms. The Morgan fingerprint density at radius 3 is 2.32 bits per heavy atom. The van der Waals surface area contributed by atoms with Gasteiger partial charge in [-0.2, -0.15) is 0 Å². The van der Waals surface area contributed by atoms with Gasteiger partial charge in [-0.15, -0.1) is 24.8 Å². The Bertz CT molecular complexity index is 373. The third kappa shape index (κ3) is 8.94. The number of hydrogen-bond acceptors (Lipinski definition) is 3. The number of hydrogen-bond donors (Lipinski definition) is 1. The summed E-state index contributed by atoms with van der Waals surface area (Å²) in [5.41, 5.74) is 0.399. The van der Waals surface area contributed by atoms with Crippen molar-refractivity contribution in [1.29, 1.82) is 0 Å². The number of carbonyl (C=O) groups is 1. The van der Waals surface area contributed by atoms with Gasteiger partial charge in [0.05, 0.1) is 0 Å². The molecule has 2 aliphatic heterocycles. The van der Waals surface area contributed by atoms with Crippen LogP contribution in [0.15, 0.2) is 0 Å². The van der Waals surface area contributed by atoms with Gasteiger partial charge in [-0.1, -0.05) is 27.7 Å². The molecule has 6 heteroatoms. The van der Waals surface area contributed by atoms with Crippen molar-refractivity contribution in [3.05, 3.63) is 0 Å². The van der Waals surface area contributed by atoms with Crippen LogP contribution < -0.4 is 5.32 Å². The van der Waals surface area contributed by atoms with E-state index in [4.69, 9.17) is 0 Å². The molecule has 2 saturated heterocycles. The molecule has 0 aromatic rings. The molecule has 0 aliphatic carbocycles. The maximum absolute atomic E-state index is 12.6. The molecular formula is C19H39Cl2N3O. The number of nitrogens with one attached hydrogen (secondary N) is 1. The second-order valence-electron chi connectivity index (χ2n) is 8.82. The molecule has 2 aliphatic rings. The minimum Gasteiger partial charge on any atom is -0.340 e. The second-order valence-corrected chi connectivity index (χ2v) is 8.82. The molecule has 1 N–H and O–H groups in total. The quantitative estimate of drug-likeness (QED) is 0.773. The molecule has 25 heavy (non-hydrogen) atoms. The number of carbonyl (C=O) groups excluding carboxylic acids is 1. The zero-order chi connectivity index (χ0) is 16.9. The van der Waals surface area contributed by atoms with E-state index in [0.717, 1.165) is 52.2 Å². The van der Waals surface area contributed by atoms with Crippen LogP contribution in [-0.4, -0.2) is 61.5 Å². The van der Waals surface area contributed by atoms with E-state index in [-0.39, 0.29) is 24.8 Å². The van der Waals surface area contributed by atoms with E-state index in [1.54, 1.807) is 0 Å². The Labute approximate surface area is 167 Å². The van der Waals surface area contributed by atoms with Crippen molar-refractivity contribution in [1.82, 2.24) is 15.1 Å². The fourth-order valence-electron chi connectivity index (χ4n) is 3.65. The fraction of sp³-hybridized carbons (Fsp3) is 0.947. The van der Waals surface area contributed by atoms with Crippen LogP contribution in [0.25, 0.3) is 0 Å². The highest BCUT2D eigenvalue weighted by molar-refractivity contribution is 5.85. The Balaban J connectivity index is 0.00000288. The number of amides is 1. The highest BCUT2D eigenvalue weighted by Gasteiger charge is 2.26. The minimum atomic E-state index is 0. The zero-order valence-corrected chi connectivity index (χ0v) is 18.2. The van der Waals surface area contributed by atoms with Crippen LogP contribution in [0.5, 0.6) is 0 Å². The van der Waals surface area contributed by atoms with Crippen molar-refractivity contribution in [2.75, 3.05) is 45.8 Å². The van der Waals surface area contributed by atoms with Crippen molar-refractivity contribution in [2.24, 2.45) is 17.3 Å². The first-order valence-corrected chi connectivity index (χ1v) is 9.56. The number of piperazine rings is 1. The standard InChI is InChI=1S/C19H37N3O.2ClH/c1-16(17-6-5-8-20-15-17)14-18(23)22-12-10-21(11-13-22)9-7-19(2,3)4;;/h16-17,20H,5-15H2,1-4H3;2*1H. The monoisotopic (exact) mass is 395 g/mol. The van der Waals surface area contributed by atoms with Gasteiger partial charge in [0, 0.05) is 32.6 Å². The van der Waals surface area contributed by atoms with Gasteiger partial charge in [-0.25, -0.2) is 0 Å². The minimum absolute atomic E-state index is 0. The number of halogens is 2. The lowest BCUT2D eigenvalue weighted by atomic mass is 9.85. The van der Waals surface area contributed by atoms with Gasteiger partial charge in [0.15, 0.2) is 0 Å². The average Bonchev–Trinajstić information content (AvgIpc) is 2.53. The summed E-state index contributed by atoms with van der Waals surface area (Å²) >= 11 is 0. The first-order valence-electron chi connectivity index (χ1n) is 9.56. The van der Waals surface area contributed by atoms with E-state index >= 15 is 0 Å². The predicted octanol–water partition coefficient (Wildman–Crippen LogP) is 3.44. The molecular weight excluding hydrogens is 357 g/mol. The molecule has 150 valence electrons. The van der Waals surface area contributed by atoms with Crippen LogP contribution in [0, 0.1) is 17.3 Å². The number of piperidine rings is 1. The predicted molar refractivity (Wildman–Crippen MR) is 111 cm³/mol. The van der Waals surface area contributed by atoms with Gasteiger partial charge in [-0.05, 0) is 56.1 Å². The summed E-state index contributed by atoms with van der Waals surface area (Å²) in [6, 6.07) is 0. The summed E-state index contributed by atoms with van der Waals surface area (Å²) in [7, 11) is 0. The third-order valence-electron chi connectivity index (χ3n) is 5.54. The van der Waals surface area contributed by atoms with Gasteiger partial charge in [0.25, 0.3) is 0 Å². The van der Waals surface area contributed by atoms with Crippen LogP contribution in [0.2, 0.25) is 0 Å². The van der Waals surface area contributed by atoms with Crippen LogP contribution in [0.1, 0.15) is 53.4 Å². The summed E-state index contributed by atoms with van der Waals surface area (Å²) in [5, 5.41) is 3.47. The van der Waals surface area contributed by atoms with E-state index in [9.17, 15) is 4.79 Å². The van der Waals surface area contributed by atoms with Crippen LogP contribution >= 0.6 is 24.8 Å². The molecule has 2 unspecified atom stereocenters. The normalized spacial score (nSPS) is 23.4. The molecule has 2 heterocycles. The summed E-state index contributed by atoms with van der Waals surface area (Å²) in [6.45, 7) is 16.5. The molecule has 0 radical (unpaired) electrons. The van der Waals surface area contributed by atoms with Gasteiger partial charge in [0.2, 0.25) is 5.91 Å². The van der Waals surface area contributed by atoms with Gasteiger partial charge >= 0.3 is 0 Å². The maximum Gasteiger partial charge on any atom is 0.222 e. The molecule has 0 aromatic heterocycles. The molecule has 2 fully saturated rings. The summed E-state index contributed by atoms with van der Waals surface area (Å²) in [5.74, 6) is 1.56. The maximum atomic E-state index is 12.6. The van der Waals surface area contributed by atoms with Gasteiger partial charge in [0.1, 0.15) is 0 Å². The van der Waals surface area contributed by atoms with Gasteiger partial charge in [-0.3, -0.25) is 9.69 Å². The Hall–Kier alpha value is -0.0300. The van der Waals surface area contributed by atoms with Crippen LogP contribution in [0.3, 0.4) is 0 Å². The van der Waals surface area contributed by atoms with Crippen molar-refractivity contribution >= 4 is 30.7 Å². The summed E-state index contributed by atoms with van der Waals surface area (Å²) < 4.78 is 0. The van der Waals surface area contributed by atoms with Crippen molar-refractivity contribution in [3.63, 3.8) is 0 Å². The average molecular weight is 396 g/mol. The lowest BCUT2D eigenvalue weighted by Crippen LogP contribution is -2.49. The fourth-order valence-corrected chi connectivity index (χ4v) is 3.65. The van der Waals surface area contributed by atoms with Crippen LogP contribution in [-0.2, 0) is 4.79 Å². The smallest absolute Gasteiger partial charge is 0.222 e.